The lowest BCUT2D eigenvalue weighted by Crippen LogP contribution is -2.47. The fourth-order valence-electron chi connectivity index (χ4n) is 3.58. The Kier molecular flexibility index (Phi) is 8.26. The molecule has 0 fully saturated rings. The second-order valence-corrected chi connectivity index (χ2v) is 9.14. The third-order valence-electron chi connectivity index (χ3n) is 5.75. The molecule has 0 amide bonds. The van der Waals surface area contributed by atoms with Crippen molar-refractivity contribution in [2.24, 2.45) is 0 Å². The summed E-state index contributed by atoms with van der Waals surface area (Å²) in [6.07, 6.45) is 3.52. The number of phenolic OH excluding ortho intramolecular Hbond substituents is 1. The summed E-state index contributed by atoms with van der Waals surface area (Å²) in [7, 11) is 0. The van der Waals surface area contributed by atoms with Crippen molar-refractivity contribution in [3.05, 3.63) is 124 Å². The normalized spacial score (nSPS) is 12.6. The zero-order chi connectivity index (χ0) is 27.1. The van der Waals surface area contributed by atoms with Gasteiger partial charge < -0.3 is 19.7 Å². The number of carbonyl (C=O) groups excluding carboxylic acids is 2. The quantitative estimate of drug-likeness (QED) is 0.117. The highest BCUT2D eigenvalue weighted by Gasteiger charge is 2.37. The molecule has 7 heteroatoms. The molecule has 6 nitrogen and oxygen atoms in total. The number of aromatic hydroxyl groups is 1. The molecule has 0 saturated carbocycles. The van der Waals surface area contributed by atoms with Crippen LogP contribution in [0.3, 0.4) is 0 Å². The molecule has 4 rings (SSSR count). The van der Waals surface area contributed by atoms with Gasteiger partial charge in [-0.1, -0.05) is 54.1 Å². The Balaban J connectivity index is 1.67. The maximum absolute atomic E-state index is 13.3. The summed E-state index contributed by atoms with van der Waals surface area (Å²) in [5.41, 5.74) is 0.467. The van der Waals surface area contributed by atoms with E-state index >= 15 is 0 Å². The first-order valence-corrected chi connectivity index (χ1v) is 12.1. The molecule has 1 unspecified atom stereocenters. The van der Waals surface area contributed by atoms with Crippen LogP contribution in [0.1, 0.15) is 34.0 Å². The second kappa shape index (κ2) is 11.8. The summed E-state index contributed by atoms with van der Waals surface area (Å²) in [5, 5.41) is 20.1. The van der Waals surface area contributed by atoms with Gasteiger partial charge in [-0.25, -0.2) is 4.79 Å². The number of hydrogen-bond donors (Lipinski definition) is 2. The number of benzene rings is 4. The predicted molar refractivity (Wildman–Crippen MR) is 147 cm³/mol. The molecular weight excluding hydrogens is 504 g/mol. The van der Waals surface area contributed by atoms with Gasteiger partial charge in [-0.15, -0.1) is 0 Å². The van der Waals surface area contributed by atoms with E-state index in [2.05, 4.69) is 0 Å². The first-order chi connectivity index (χ1) is 18.3. The van der Waals surface area contributed by atoms with Crippen LogP contribution in [0.4, 0.5) is 0 Å². The number of halogens is 1. The third-order valence-corrected chi connectivity index (χ3v) is 6.00. The minimum atomic E-state index is -1.70. The van der Waals surface area contributed by atoms with Gasteiger partial charge in [-0.3, -0.25) is 4.79 Å². The number of rotatable bonds is 9. The monoisotopic (exact) mass is 528 g/mol. The number of hydrogen-bond acceptors (Lipinski definition) is 6. The van der Waals surface area contributed by atoms with E-state index < -0.39 is 18.2 Å². The highest BCUT2D eigenvalue weighted by Crippen LogP contribution is 2.27. The van der Waals surface area contributed by atoms with Gasteiger partial charge in [0, 0.05) is 16.1 Å². The molecular formula is C31H25ClO6. The maximum Gasteiger partial charge on any atom is 0.358 e. The van der Waals surface area contributed by atoms with Gasteiger partial charge in [0.2, 0.25) is 5.60 Å². The zero-order valence-electron chi connectivity index (χ0n) is 20.5. The SMILES string of the molecule is CC(CO)(Oc1ccc(C(=O)c2ccc(Cl)cc2)c(/C=C/c2ccc(O)cc2)c1)C(=O)Oc1ccccc1. The molecule has 4 aromatic carbocycles. The Bertz CT molecular complexity index is 1450. The van der Waals surface area contributed by atoms with E-state index in [1.165, 1.54) is 6.92 Å². The average Bonchev–Trinajstić information content (AvgIpc) is 2.93. The molecule has 2 N–H and O–H groups in total. The van der Waals surface area contributed by atoms with Crippen molar-refractivity contribution in [1.82, 2.24) is 0 Å². The van der Waals surface area contributed by atoms with E-state index in [9.17, 15) is 19.8 Å². The van der Waals surface area contributed by atoms with E-state index in [0.29, 0.717) is 27.5 Å². The predicted octanol–water partition coefficient (Wildman–Crippen LogP) is 6.18. The minimum absolute atomic E-state index is 0.141. The first kappa shape index (κ1) is 26.7. The van der Waals surface area contributed by atoms with Crippen LogP contribution < -0.4 is 9.47 Å². The molecule has 0 bridgehead atoms. The molecule has 0 aliphatic carbocycles. The van der Waals surface area contributed by atoms with E-state index in [-0.39, 0.29) is 17.3 Å². The van der Waals surface area contributed by atoms with Crippen LogP contribution >= 0.6 is 11.6 Å². The smallest absolute Gasteiger partial charge is 0.358 e. The van der Waals surface area contributed by atoms with Crippen LogP contribution in [-0.4, -0.2) is 34.2 Å². The Morgan fingerprint density at radius 1 is 0.868 bits per heavy atom. The molecule has 192 valence electrons. The molecule has 0 saturated heterocycles. The topological polar surface area (TPSA) is 93.1 Å². The summed E-state index contributed by atoms with van der Waals surface area (Å²) in [6.45, 7) is 0.791. The third kappa shape index (κ3) is 6.48. The molecule has 0 aliphatic heterocycles. The summed E-state index contributed by atoms with van der Waals surface area (Å²) in [6, 6.07) is 26.4. The highest BCUT2D eigenvalue weighted by atomic mass is 35.5. The fraction of sp³-hybridized carbons (Fsp3) is 0.0968. The molecule has 38 heavy (non-hydrogen) atoms. The molecule has 0 heterocycles. The van der Waals surface area contributed by atoms with Crippen LogP contribution in [0, 0.1) is 0 Å². The Morgan fingerprint density at radius 3 is 2.21 bits per heavy atom. The van der Waals surface area contributed by atoms with Crippen molar-refractivity contribution in [3.63, 3.8) is 0 Å². The standard InChI is InChI=1S/C31H25ClO6/c1-31(20-33,30(36)37-26-5-3-2-4-6-26)38-27-17-18-28(29(35)22-11-13-24(32)14-12-22)23(19-27)10-7-21-8-15-25(34)16-9-21/h2-19,33-34H,20H2,1H3/b10-7+. The summed E-state index contributed by atoms with van der Waals surface area (Å²) < 4.78 is 11.3. The van der Waals surface area contributed by atoms with Gasteiger partial charge >= 0.3 is 5.97 Å². The number of phenols is 1. The van der Waals surface area contributed by atoms with Crippen LogP contribution in [0.25, 0.3) is 12.2 Å². The number of aliphatic hydroxyl groups is 1. The van der Waals surface area contributed by atoms with Gasteiger partial charge in [-0.05, 0) is 84.8 Å². The number of ketones is 1. The fourth-order valence-corrected chi connectivity index (χ4v) is 3.71. The number of aliphatic hydroxyl groups excluding tert-OH is 1. The van der Waals surface area contributed by atoms with Gasteiger partial charge in [0.15, 0.2) is 5.78 Å². The van der Waals surface area contributed by atoms with E-state index in [0.717, 1.165) is 5.56 Å². The van der Waals surface area contributed by atoms with Crippen molar-refractivity contribution in [2.45, 2.75) is 12.5 Å². The number of ether oxygens (including phenoxy) is 2. The van der Waals surface area contributed by atoms with Crippen molar-refractivity contribution in [3.8, 4) is 17.2 Å². The summed E-state index contributed by atoms with van der Waals surface area (Å²) >= 11 is 5.98. The van der Waals surface area contributed by atoms with Gasteiger partial charge in [0.05, 0.1) is 6.61 Å². The number of para-hydroxylation sites is 1. The maximum atomic E-state index is 13.3. The second-order valence-electron chi connectivity index (χ2n) is 8.70. The number of esters is 1. The molecule has 0 aromatic heterocycles. The van der Waals surface area contributed by atoms with E-state index in [4.69, 9.17) is 21.1 Å². The van der Waals surface area contributed by atoms with Crippen molar-refractivity contribution < 1.29 is 29.3 Å². The van der Waals surface area contributed by atoms with Crippen LogP contribution in [0.2, 0.25) is 5.02 Å². The van der Waals surface area contributed by atoms with Crippen molar-refractivity contribution >= 4 is 35.5 Å². The van der Waals surface area contributed by atoms with Crippen molar-refractivity contribution in [1.29, 1.82) is 0 Å². The lowest BCUT2D eigenvalue weighted by molar-refractivity contribution is -0.154. The largest absolute Gasteiger partial charge is 0.508 e. The average molecular weight is 529 g/mol. The van der Waals surface area contributed by atoms with Gasteiger partial charge in [0.25, 0.3) is 0 Å². The first-order valence-electron chi connectivity index (χ1n) is 11.8. The zero-order valence-corrected chi connectivity index (χ0v) is 21.3. The minimum Gasteiger partial charge on any atom is -0.508 e. The van der Waals surface area contributed by atoms with Gasteiger partial charge in [-0.2, -0.15) is 0 Å². The van der Waals surface area contributed by atoms with E-state index in [1.54, 1.807) is 109 Å². The summed E-state index contributed by atoms with van der Waals surface area (Å²) in [4.78, 5) is 26.2. The lowest BCUT2D eigenvalue weighted by Gasteiger charge is -2.26. The molecule has 0 spiro atoms. The molecule has 0 aliphatic rings. The Hall–Kier alpha value is -4.39. The van der Waals surface area contributed by atoms with Gasteiger partial charge in [0.1, 0.15) is 17.2 Å². The highest BCUT2D eigenvalue weighted by molar-refractivity contribution is 6.30. The van der Waals surface area contributed by atoms with Crippen LogP contribution in [0.5, 0.6) is 17.2 Å². The molecule has 4 aromatic rings. The van der Waals surface area contributed by atoms with E-state index in [1.807, 2.05) is 0 Å². The summed E-state index contributed by atoms with van der Waals surface area (Å²) in [5.74, 6) is -0.283. The van der Waals surface area contributed by atoms with Crippen LogP contribution in [0.15, 0.2) is 97.1 Å². The molecule has 0 radical (unpaired) electrons. The van der Waals surface area contributed by atoms with Crippen LogP contribution in [-0.2, 0) is 4.79 Å². The lowest BCUT2D eigenvalue weighted by atomic mass is 9.97. The van der Waals surface area contributed by atoms with Crippen molar-refractivity contribution in [2.75, 3.05) is 6.61 Å². The Morgan fingerprint density at radius 2 is 1.55 bits per heavy atom. The Labute approximate surface area is 225 Å². The number of carbonyl (C=O) groups is 2. The molecule has 1 atom stereocenters.